The van der Waals surface area contributed by atoms with E-state index < -0.39 is 15.7 Å². The van der Waals surface area contributed by atoms with Crippen LogP contribution in [0.1, 0.15) is 41.6 Å². The van der Waals surface area contributed by atoms with Crippen molar-refractivity contribution in [2.75, 3.05) is 23.4 Å². The summed E-state index contributed by atoms with van der Waals surface area (Å²) in [5, 5.41) is 7.46. The number of fused-ring (bicyclic) bond motifs is 1. The van der Waals surface area contributed by atoms with Gasteiger partial charge in [0, 0.05) is 17.9 Å². The average Bonchev–Trinajstić information content (AvgIpc) is 3.19. The van der Waals surface area contributed by atoms with Crippen LogP contribution in [0.3, 0.4) is 0 Å². The average molecular weight is 418 g/mol. The lowest BCUT2D eigenvalue weighted by atomic mass is 9.85. The van der Waals surface area contributed by atoms with E-state index >= 15 is 0 Å². The molecule has 1 aromatic carbocycles. The van der Waals surface area contributed by atoms with Gasteiger partial charge in [0.2, 0.25) is 5.91 Å². The van der Waals surface area contributed by atoms with E-state index in [0.717, 1.165) is 16.8 Å². The van der Waals surface area contributed by atoms with Gasteiger partial charge in [-0.15, -0.1) is 0 Å². The van der Waals surface area contributed by atoms with Crippen LogP contribution in [0, 0.1) is 6.92 Å². The van der Waals surface area contributed by atoms with Gasteiger partial charge in [-0.05, 0) is 31.0 Å². The van der Waals surface area contributed by atoms with Gasteiger partial charge in [-0.3, -0.25) is 9.59 Å². The zero-order chi connectivity index (χ0) is 20.8. The third-order valence-electron chi connectivity index (χ3n) is 5.32. The minimum absolute atomic E-state index is 0.0253. The Morgan fingerprint density at radius 3 is 2.90 bits per heavy atom. The molecule has 0 spiro atoms. The zero-order valence-corrected chi connectivity index (χ0v) is 16.7. The van der Waals surface area contributed by atoms with Gasteiger partial charge in [-0.25, -0.2) is 13.1 Å². The topological polar surface area (TPSA) is 133 Å². The first kappa shape index (κ1) is 19.4. The number of primary amides is 1. The van der Waals surface area contributed by atoms with Gasteiger partial charge in [0.1, 0.15) is 11.6 Å². The highest BCUT2D eigenvalue weighted by atomic mass is 32.2. The predicted molar refractivity (Wildman–Crippen MR) is 105 cm³/mol. The maximum atomic E-state index is 12.5. The van der Waals surface area contributed by atoms with Crippen molar-refractivity contribution in [3.63, 3.8) is 0 Å². The van der Waals surface area contributed by atoms with Crippen LogP contribution in [-0.4, -0.2) is 48.1 Å². The first-order chi connectivity index (χ1) is 13.7. The number of carbonyl (C=O) groups is 2. The number of ether oxygens (including phenoxy) is 1. The molecule has 0 aliphatic carbocycles. The molecule has 2 aliphatic rings. The largest absolute Gasteiger partial charge is 0.484 e. The van der Waals surface area contributed by atoms with Crippen molar-refractivity contribution in [1.82, 2.24) is 9.78 Å². The number of benzene rings is 1. The Kier molecular flexibility index (Phi) is 4.81. The van der Waals surface area contributed by atoms with E-state index in [4.69, 9.17) is 10.5 Å². The summed E-state index contributed by atoms with van der Waals surface area (Å²) in [6, 6.07) is 6.90. The molecule has 2 aromatic rings. The summed E-state index contributed by atoms with van der Waals surface area (Å²) in [6.45, 7) is 1.63. The predicted octanol–water partition coefficient (Wildman–Crippen LogP) is 0.889. The Bertz CT molecular complexity index is 1090. The number of hydrogen-bond acceptors (Lipinski definition) is 6. The van der Waals surface area contributed by atoms with Crippen molar-refractivity contribution in [1.29, 1.82) is 0 Å². The normalized spacial score (nSPS) is 22.7. The van der Waals surface area contributed by atoms with Crippen molar-refractivity contribution < 1.29 is 22.7 Å². The number of anilines is 1. The Morgan fingerprint density at radius 2 is 2.21 bits per heavy atom. The molecule has 1 saturated heterocycles. The number of sulfone groups is 1. The fraction of sp³-hybridized carbons (Fsp3) is 0.421. The molecule has 3 heterocycles. The van der Waals surface area contributed by atoms with Crippen LogP contribution in [0.25, 0.3) is 0 Å². The monoisotopic (exact) mass is 418 g/mol. The highest BCUT2D eigenvalue weighted by Crippen LogP contribution is 2.42. The molecular weight excluding hydrogens is 396 g/mol. The van der Waals surface area contributed by atoms with E-state index in [1.54, 1.807) is 22.9 Å². The van der Waals surface area contributed by atoms with Gasteiger partial charge >= 0.3 is 0 Å². The number of carbonyl (C=O) groups excluding carboxylic acids is 2. The SMILES string of the molecule is Cc1nn(C2CCS(=O)(=O)C2)c2c1C(c1cccc(OCC(N)=O)c1)CC(=O)N2. The summed E-state index contributed by atoms with van der Waals surface area (Å²) >= 11 is 0. The molecule has 29 heavy (non-hydrogen) atoms. The van der Waals surface area contributed by atoms with Crippen LogP contribution in [0.4, 0.5) is 5.82 Å². The van der Waals surface area contributed by atoms with Gasteiger partial charge in [0.15, 0.2) is 16.4 Å². The van der Waals surface area contributed by atoms with E-state index in [0.29, 0.717) is 18.0 Å². The summed E-state index contributed by atoms with van der Waals surface area (Å²) < 4.78 is 30.9. The molecular formula is C19H22N4O5S. The van der Waals surface area contributed by atoms with Gasteiger partial charge in [0.25, 0.3) is 5.91 Å². The number of rotatable bonds is 5. The van der Waals surface area contributed by atoms with Crippen molar-refractivity contribution >= 4 is 27.5 Å². The van der Waals surface area contributed by atoms with Crippen LogP contribution in [-0.2, 0) is 19.4 Å². The fourth-order valence-electron chi connectivity index (χ4n) is 4.07. The van der Waals surface area contributed by atoms with E-state index in [-0.39, 0.29) is 42.4 Å². The molecule has 0 radical (unpaired) electrons. The summed E-state index contributed by atoms with van der Waals surface area (Å²) in [4.78, 5) is 23.4. The van der Waals surface area contributed by atoms with Crippen LogP contribution in [0.5, 0.6) is 5.75 Å². The van der Waals surface area contributed by atoms with E-state index in [2.05, 4.69) is 10.4 Å². The van der Waals surface area contributed by atoms with Gasteiger partial charge < -0.3 is 15.8 Å². The molecule has 9 nitrogen and oxygen atoms in total. The van der Waals surface area contributed by atoms with Crippen LogP contribution < -0.4 is 15.8 Å². The number of hydrogen-bond donors (Lipinski definition) is 2. The standard InChI is InChI=1S/C19H22N4O5S/c1-11-18-15(12-3-2-4-14(7-12)28-9-16(20)24)8-17(25)21-19(18)23(22-11)13-5-6-29(26,27)10-13/h2-4,7,13,15H,5-6,8-10H2,1H3,(H2,20,24)(H,21,25). The van der Waals surface area contributed by atoms with Gasteiger partial charge in [-0.2, -0.15) is 5.10 Å². The highest BCUT2D eigenvalue weighted by molar-refractivity contribution is 7.91. The van der Waals surface area contributed by atoms with E-state index in [9.17, 15) is 18.0 Å². The number of amides is 2. The maximum absolute atomic E-state index is 12.5. The Morgan fingerprint density at radius 1 is 1.41 bits per heavy atom. The molecule has 2 unspecified atom stereocenters. The number of nitrogens with two attached hydrogens (primary N) is 1. The molecule has 154 valence electrons. The molecule has 0 bridgehead atoms. The fourth-order valence-corrected chi connectivity index (χ4v) is 5.76. The molecule has 2 aliphatic heterocycles. The summed E-state index contributed by atoms with van der Waals surface area (Å²) in [6.07, 6.45) is 0.717. The van der Waals surface area contributed by atoms with Crippen molar-refractivity contribution in [2.45, 2.75) is 31.7 Å². The Labute approximate surface area is 168 Å². The lowest BCUT2D eigenvalue weighted by Crippen LogP contribution is -2.26. The van der Waals surface area contributed by atoms with E-state index in [1.807, 2.05) is 13.0 Å². The summed E-state index contributed by atoms with van der Waals surface area (Å²) in [5.41, 5.74) is 7.61. The molecule has 2 atom stereocenters. The molecule has 1 aromatic heterocycles. The quantitative estimate of drug-likeness (QED) is 0.741. The van der Waals surface area contributed by atoms with Crippen molar-refractivity contribution in [3.8, 4) is 5.75 Å². The van der Waals surface area contributed by atoms with Crippen LogP contribution in [0.15, 0.2) is 24.3 Å². The molecule has 0 saturated carbocycles. The smallest absolute Gasteiger partial charge is 0.255 e. The second-order valence-corrected chi connectivity index (χ2v) is 9.71. The van der Waals surface area contributed by atoms with Crippen molar-refractivity contribution in [3.05, 3.63) is 41.1 Å². The zero-order valence-electron chi connectivity index (χ0n) is 15.9. The third-order valence-corrected chi connectivity index (χ3v) is 7.07. The molecule has 4 rings (SSSR count). The van der Waals surface area contributed by atoms with E-state index in [1.165, 1.54) is 0 Å². The molecule has 10 heteroatoms. The van der Waals surface area contributed by atoms with Gasteiger partial charge in [-0.1, -0.05) is 12.1 Å². The van der Waals surface area contributed by atoms with Gasteiger partial charge in [0.05, 0.1) is 23.2 Å². The summed E-state index contributed by atoms with van der Waals surface area (Å²) in [7, 11) is -3.09. The second-order valence-electron chi connectivity index (χ2n) is 7.48. The number of nitrogens with zero attached hydrogens (tertiary/aromatic N) is 2. The Balaban J connectivity index is 1.71. The van der Waals surface area contributed by atoms with Crippen LogP contribution in [0.2, 0.25) is 0 Å². The first-order valence-corrected chi connectivity index (χ1v) is 11.2. The number of nitrogens with one attached hydrogen (secondary N) is 1. The molecule has 2 amide bonds. The lowest BCUT2D eigenvalue weighted by Gasteiger charge is -2.25. The maximum Gasteiger partial charge on any atom is 0.255 e. The minimum Gasteiger partial charge on any atom is -0.484 e. The lowest BCUT2D eigenvalue weighted by molar-refractivity contribution is -0.120. The van der Waals surface area contributed by atoms with Crippen LogP contribution >= 0.6 is 0 Å². The third kappa shape index (κ3) is 3.84. The molecule has 1 fully saturated rings. The van der Waals surface area contributed by atoms with Crippen molar-refractivity contribution in [2.24, 2.45) is 5.73 Å². The number of aryl methyl sites for hydroxylation is 1. The highest BCUT2D eigenvalue weighted by Gasteiger charge is 2.37. The first-order valence-electron chi connectivity index (χ1n) is 9.34. The Hall–Kier alpha value is -2.88. The number of aromatic nitrogens is 2. The molecule has 3 N–H and O–H groups in total. The minimum atomic E-state index is -3.09. The second kappa shape index (κ2) is 7.18. The summed E-state index contributed by atoms with van der Waals surface area (Å²) in [5.74, 6) is 0.225.